The maximum atomic E-state index is 12.7. The lowest BCUT2D eigenvalue weighted by atomic mass is 9.52. The molecule has 2 aliphatic carbocycles. The van der Waals surface area contributed by atoms with Gasteiger partial charge in [0.1, 0.15) is 11.8 Å². The maximum absolute atomic E-state index is 12.7. The molecule has 4 rings (SSSR count). The lowest BCUT2D eigenvalue weighted by Gasteiger charge is -2.49. The number of carbonyl (C=O) groups excluding carboxylic acids is 1. The molecule has 0 bridgehead atoms. The summed E-state index contributed by atoms with van der Waals surface area (Å²) >= 11 is 0. The Balaban J connectivity index is 1.96. The minimum Gasteiger partial charge on any atom is -0.332 e. The van der Waals surface area contributed by atoms with Crippen LogP contribution in [0.5, 0.6) is 0 Å². The summed E-state index contributed by atoms with van der Waals surface area (Å²) in [5, 5.41) is 18.2. The number of allylic oxidation sites excluding steroid dienone is 2. The van der Waals surface area contributed by atoms with Gasteiger partial charge in [0.2, 0.25) is 0 Å². The predicted molar refractivity (Wildman–Crippen MR) is 92.9 cm³/mol. The molecule has 0 radical (unpaired) electrons. The highest BCUT2D eigenvalue weighted by Crippen LogP contribution is 2.55. The monoisotopic (exact) mass is 351 g/mol. The summed E-state index contributed by atoms with van der Waals surface area (Å²) < 4.78 is 7.15. The van der Waals surface area contributed by atoms with Gasteiger partial charge in [0, 0.05) is 23.4 Å². The third-order valence-electron chi connectivity index (χ3n) is 6.06. The summed E-state index contributed by atoms with van der Waals surface area (Å²) in [4.78, 5) is 17.1. The van der Waals surface area contributed by atoms with Gasteiger partial charge in [-0.2, -0.15) is 15.3 Å². The molecular formula is C19H21N5O2. The second-order valence-corrected chi connectivity index (χ2v) is 8.04. The first kappa shape index (κ1) is 16.7. The Morgan fingerprint density at radius 1 is 1.38 bits per heavy atom. The zero-order valence-corrected chi connectivity index (χ0v) is 15.6. The number of hydrogen-bond donors (Lipinski definition) is 0. The van der Waals surface area contributed by atoms with Crippen LogP contribution >= 0.6 is 0 Å². The Morgan fingerprint density at radius 2 is 2.12 bits per heavy atom. The van der Waals surface area contributed by atoms with E-state index < -0.39 is 10.8 Å². The Labute approximate surface area is 151 Å². The number of rotatable bonds is 1. The van der Waals surface area contributed by atoms with Crippen molar-refractivity contribution in [3.63, 3.8) is 0 Å². The second kappa shape index (κ2) is 5.13. The number of carbonyl (C=O) groups is 1. The van der Waals surface area contributed by atoms with Gasteiger partial charge in [-0.3, -0.25) is 9.48 Å². The first-order valence-corrected chi connectivity index (χ1v) is 8.75. The van der Waals surface area contributed by atoms with E-state index in [1.165, 1.54) is 0 Å². The normalized spacial score (nSPS) is 26.7. The zero-order valence-electron chi connectivity index (χ0n) is 15.6. The molecule has 2 aliphatic rings. The highest BCUT2D eigenvalue weighted by atomic mass is 16.5. The molecule has 2 heterocycles. The first-order chi connectivity index (χ1) is 12.2. The molecule has 0 aliphatic heterocycles. The molecule has 0 fully saturated rings. The van der Waals surface area contributed by atoms with Gasteiger partial charge in [-0.1, -0.05) is 32.0 Å². The smallest absolute Gasteiger partial charge is 0.276 e. The standard InChI is InChI=1S/C19H21N5O2/c1-10-21-17(26-23-10)14-12-6-7-13-18(2,3)16(25)11(9-20)8-19(13,4)15(12)22-24(14)5/h8,13H,6-7H2,1-5H3/t13-,19-/m0/s1. The third kappa shape index (κ3) is 1.99. The molecular weight excluding hydrogens is 330 g/mol. The van der Waals surface area contributed by atoms with Crippen molar-refractivity contribution < 1.29 is 9.32 Å². The van der Waals surface area contributed by atoms with Crippen molar-refractivity contribution in [3.05, 3.63) is 28.7 Å². The fourth-order valence-corrected chi connectivity index (χ4v) is 4.88. The molecule has 0 spiro atoms. The Hall–Kier alpha value is -2.75. The van der Waals surface area contributed by atoms with Gasteiger partial charge in [-0.25, -0.2) is 0 Å². The summed E-state index contributed by atoms with van der Waals surface area (Å²) in [6.45, 7) is 7.75. The van der Waals surface area contributed by atoms with Crippen molar-refractivity contribution in [3.8, 4) is 17.7 Å². The summed E-state index contributed by atoms with van der Waals surface area (Å²) in [6.07, 6.45) is 3.44. The van der Waals surface area contributed by atoms with E-state index in [0.717, 1.165) is 29.8 Å². The van der Waals surface area contributed by atoms with Crippen LogP contribution in [0.15, 0.2) is 16.2 Å². The fraction of sp³-hybridized carbons (Fsp3) is 0.526. The van der Waals surface area contributed by atoms with Crippen LogP contribution in [-0.2, 0) is 23.7 Å². The number of nitrogens with zero attached hydrogens (tertiary/aromatic N) is 5. The Kier molecular flexibility index (Phi) is 3.30. The number of hydrogen-bond acceptors (Lipinski definition) is 6. The third-order valence-corrected chi connectivity index (χ3v) is 6.06. The summed E-state index contributed by atoms with van der Waals surface area (Å²) in [7, 11) is 1.86. The van der Waals surface area contributed by atoms with E-state index in [1.807, 2.05) is 27.0 Å². The molecule has 26 heavy (non-hydrogen) atoms. The molecule has 7 heteroatoms. The molecule has 0 saturated heterocycles. The van der Waals surface area contributed by atoms with Crippen molar-refractivity contribution in [2.45, 2.75) is 46.0 Å². The maximum Gasteiger partial charge on any atom is 0.276 e. The Bertz CT molecular complexity index is 1000. The molecule has 0 N–H and O–H groups in total. The van der Waals surface area contributed by atoms with E-state index >= 15 is 0 Å². The molecule has 0 unspecified atom stereocenters. The van der Waals surface area contributed by atoms with Crippen molar-refractivity contribution in [1.82, 2.24) is 19.9 Å². The first-order valence-electron chi connectivity index (χ1n) is 8.75. The molecule has 134 valence electrons. The van der Waals surface area contributed by atoms with E-state index in [1.54, 1.807) is 11.6 Å². The van der Waals surface area contributed by atoms with Crippen molar-refractivity contribution in [1.29, 1.82) is 5.26 Å². The lowest BCUT2D eigenvalue weighted by Crippen LogP contribution is -2.51. The molecule has 0 aromatic carbocycles. The highest BCUT2D eigenvalue weighted by Gasteiger charge is 2.55. The molecule has 2 aromatic heterocycles. The van der Waals surface area contributed by atoms with Crippen LogP contribution in [0.1, 0.15) is 44.3 Å². The van der Waals surface area contributed by atoms with E-state index in [0.29, 0.717) is 11.7 Å². The van der Waals surface area contributed by atoms with Gasteiger partial charge in [-0.05, 0) is 25.7 Å². The van der Waals surface area contributed by atoms with E-state index in [2.05, 4.69) is 23.1 Å². The highest BCUT2D eigenvalue weighted by molar-refractivity contribution is 6.04. The minimum absolute atomic E-state index is 0.0744. The number of aromatic nitrogens is 4. The average Bonchev–Trinajstić information content (AvgIpc) is 3.14. The number of ketones is 1. The predicted octanol–water partition coefficient (Wildman–Crippen LogP) is 2.66. The van der Waals surface area contributed by atoms with Gasteiger partial charge >= 0.3 is 0 Å². The molecule has 7 nitrogen and oxygen atoms in total. The van der Waals surface area contributed by atoms with Crippen LogP contribution in [-0.4, -0.2) is 25.7 Å². The largest absolute Gasteiger partial charge is 0.332 e. The summed E-state index contributed by atoms with van der Waals surface area (Å²) in [6, 6.07) is 2.09. The topological polar surface area (TPSA) is 97.6 Å². The van der Waals surface area contributed by atoms with Crippen LogP contribution in [0.2, 0.25) is 0 Å². The van der Waals surface area contributed by atoms with Crippen molar-refractivity contribution in [2.24, 2.45) is 18.4 Å². The number of nitriles is 1. The molecule has 0 amide bonds. The van der Waals surface area contributed by atoms with Gasteiger partial charge in [0.15, 0.2) is 11.6 Å². The zero-order chi connectivity index (χ0) is 18.9. The van der Waals surface area contributed by atoms with Gasteiger partial charge in [0.25, 0.3) is 5.89 Å². The number of fused-ring (bicyclic) bond motifs is 3. The minimum atomic E-state index is -0.606. The van der Waals surface area contributed by atoms with Crippen molar-refractivity contribution >= 4 is 5.78 Å². The van der Waals surface area contributed by atoms with Crippen molar-refractivity contribution in [2.75, 3.05) is 0 Å². The Morgan fingerprint density at radius 3 is 2.73 bits per heavy atom. The molecule has 2 aromatic rings. The lowest BCUT2D eigenvalue weighted by molar-refractivity contribution is -0.128. The van der Waals surface area contributed by atoms with Crippen LogP contribution in [0, 0.1) is 29.6 Å². The van der Waals surface area contributed by atoms with Crippen LogP contribution in [0.3, 0.4) is 0 Å². The van der Waals surface area contributed by atoms with Crippen LogP contribution in [0.25, 0.3) is 11.6 Å². The summed E-state index contributed by atoms with van der Waals surface area (Å²) in [5.74, 6) is 1.04. The SMILES string of the molecule is Cc1noc(-c2c3c(nn2C)[C@@]2(C)C=C(C#N)C(=O)C(C)(C)[C@@H]2CC3)n1. The van der Waals surface area contributed by atoms with Gasteiger partial charge in [0.05, 0.1) is 11.3 Å². The van der Waals surface area contributed by atoms with E-state index in [9.17, 15) is 10.1 Å². The van der Waals surface area contributed by atoms with Crippen LogP contribution in [0.4, 0.5) is 0 Å². The van der Waals surface area contributed by atoms with E-state index in [-0.39, 0.29) is 17.3 Å². The number of aryl methyl sites for hydroxylation is 2. The van der Waals surface area contributed by atoms with Gasteiger partial charge < -0.3 is 4.52 Å². The second-order valence-electron chi connectivity index (χ2n) is 8.04. The van der Waals surface area contributed by atoms with E-state index in [4.69, 9.17) is 9.62 Å². The van der Waals surface area contributed by atoms with Crippen LogP contribution < -0.4 is 0 Å². The summed E-state index contributed by atoms with van der Waals surface area (Å²) in [5.41, 5.74) is 1.92. The number of Topliss-reactive ketones (excluding diaryl/α,β-unsaturated/α-hetero) is 1. The average molecular weight is 351 g/mol. The molecule has 0 saturated carbocycles. The molecule has 2 atom stereocenters. The quantitative estimate of drug-likeness (QED) is 0.783. The van der Waals surface area contributed by atoms with Gasteiger partial charge in [-0.15, -0.1) is 0 Å². The fourth-order valence-electron chi connectivity index (χ4n) is 4.88.